The molecular formula is C18H28Cl2N4O2. The van der Waals surface area contributed by atoms with Crippen LogP contribution in [0.5, 0.6) is 0 Å². The first kappa shape index (κ1) is 22.7. The largest absolute Gasteiger partial charge is 0.381 e. The smallest absolute Gasteiger partial charge is 0.241 e. The third-order valence-electron chi connectivity index (χ3n) is 4.64. The highest BCUT2D eigenvalue weighted by Crippen LogP contribution is 2.21. The molecule has 1 aromatic carbocycles. The molecule has 2 heterocycles. The Labute approximate surface area is 166 Å². The van der Waals surface area contributed by atoms with E-state index < -0.39 is 6.04 Å². The zero-order valence-electron chi connectivity index (χ0n) is 15.0. The predicted octanol–water partition coefficient (Wildman–Crippen LogP) is 3.44. The topological polar surface area (TPSA) is 93.0 Å². The van der Waals surface area contributed by atoms with Crippen LogP contribution in [0, 0.1) is 5.92 Å². The minimum Gasteiger partial charge on any atom is -0.381 e. The van der Waals surface area contributed by atoms with Gasteiger partial charge in [0.2, 0.25) is 5.91 Å². The van der Waals surface area contributed by atoms with Gasteiger partial charge >= 0.3 is 0 Å². The number of aryl methyl sites for hydroxylation is 1. The van der Waals surface area contributed by atoms with E-state index in [4.69, 9.17) is 10.5 Å². The third-order valence-corrected chi connectivity index (χ3v) is 4.64. The molecule has 26 heavy (non-hydrogen) atoms. The Kier molecular flexibility index (Phi) is 9.36. The first-order chi connectivity index (χ1) is 11.7. The molecule has 4 N–H and O–H groups in total. The second-order valence-electron chi connectivity index (χ2n) is 6.48. The van der Waals surface area contributed by atoms with E-state index in [0.717, 1.165) is 54.6 Å². The summed E-state index contributed by atoms with van der Waals surface area (Å²) in [6.07, 6.45) is 4.89. The van der Waals surface area contributed by atoms with Gasteiger partial charge < -0.3 is 20.8 Å². The fourth-order valence-corrected chi connectivity index (χ4v) is 3.12. The number of nitrogens with zero attached hydrogens (tertiary/aromatic N) is 1. The lowest BCUT2D eigenvalue weighted by atomic mass is 9.92. The number of nitrogens with one attached hydrogen (secondary N) is 2. The molecule has 1 aromatic heterocycles. The number of aromatic nitrogens is 2. The molecule has 0 bridgehead atoms. The van der Waals surface area contributed by atoms with Crippen molar-refractivity contribution in [2.45, 2.75) is 45.1 Å². The first-order valence-electron chi connectivity index (χ1n) is 8.80. The molecular weight excluding hydrogens is 375 g/mol. The van der Waals surface area contributed by atoms with Crippen molar-refractivity contribution in [3.05, 3.63) is 24.0 Å². The number of amides is 1. The molecule has 0 saturated carbocycles. The van der Waals surface area contributed by atoms with Crippen LogP contribution < -0.4 is 11.1 Å². The molecule has 1 aliphatic heterocycles. The standard InChI is InChI=1S/C18H26N4O2.2ClH/c1-2-3-4-16-21-14-6-5-13(11-15(14)22-16)20-18(23)17(19)12-7-9-24-10-8-12;;/h5-6,11-12,17H,2-4,7-10,19H2,1H3,(H,20,23)(H,21,22);2*1H. The lowest BCUT2D eigenvalue weighted by molar-refractivity contribution is -0.119. The fraction of sp³-hybridized carbons (Fsp3) is 0.556. The number of unbranched alkanes of at least 4 members (excludes halogenated alkanes) is 1. The number of aromatic amines is 1. The molecule has 1 unspecified atom stereocenters. The summed E-state index contributed by atoms with van der Waals surface area (Å²) in [5.41, 5.74) is 8.74. The molecule has 0 spiro atoms. The van der Waals surface area contributed by atoms with Crippen LogP contribution in [-0.2, 0) is 16.0 Å². The van der Waals surface area contributed by atoms with E-state index in [0.29, 0.717) is 13.2 Å². The van der Waals surface area contributed by atoms with Crippen LogP contribution in [0.4, 0.5) is 5.69 Å². The van der Waals surface area contributed by atoms with Crippen LogP contribution in [0.3, 0.4) is 0 Å². The average Bonchev–Trinajstić information content (AvgIpc) is 3.02. The van der Waals surface area contributed by atoms with Crippen molar-refractivity contribution < 1.29 is 9.53 Å². The number of carbonyl (C=O) groups is 1. The quantitative estimate of drug-likeness (QED) is 0.689. The summed E-state index contributed by atoms with van der Waals surface area (Å²) in [5.74, 6) is 1.05. The molecule has 1 atom stereocenters. The Hall–Kier alpha value is -1.34. The van der Waals surface area contributed by atoms with Gasteiger partial charge in [0, 0.05) is 25.3 Å². The molecule has 3 rings (SSSR count). The van der Waals surface area contributed by atoms with Crippen molar-refractivity contribution in [1.82, 2.24) is 9.97 Å². The number of ether oxygens (including phenoxy) is 1. The second kappa shape index (κ2) is 10.7. The number of imidazole rings is 1. The van der Waals surface area contributed by atoms with Crippen LogP contribution in [0.25, 0.3) is 11.0 Å². The van der Waals surface area contributed by atoms with E-state index in [1.807, 2.05) is 18.2 Å². The normalized spacial score (nSPS) is 15.8. The van der Waals surface area contributed by atoms with Crippen LogP contribution in [-0.4, -0.2) is 35.1 Å². The highest BCUT2D eigenvalue weighted by Gasteiger charge is 2.26. The van der Waals surface area contributed by atoms with Gasteiger partial charge in [0.25, 0.3) is 0 Å². The van der Waals surface area contributed by atoms with Crippen molar-refractivity contribution >= 4 is 47.4 Å². The van der Waals surface area contributed by atoms with Crippen LogP contribution >= 0.6 is 24.8 Å². The zero-order valence-corrected chi connectivity index (χ0v) is 16.6. The SMILES string of the molecule is CCCCc1nc2ccc(NC(=O)C(N)C3CCOCC3)cc2[nH]1.Cl.Cl. The van der Waals surface area contributed by atoms with Gasteiger partial charge in [-0.15, -0.1) is 24.8 Å². The number of rotatable bonds is 6. The first-order valence-corrected chi connectivity index (χ1v) is 8.80. The van der Waals surface area contributed by atoms with Gasteiger partial charge in [-0.1, -0.05) is 13.3 Å². The van der Waals surface area contributed by atoms with Crippen LogP contribution in [0.15, 0.2) is 18.2 Å². The Morgan fingerprint density at radius 2 is 2.12 bits per heavy atom. The van der Waals surface area contributed by atoms with Crippen molar-refractivity contribution in [2.24, 2.45) is 11.7 Å². The second-order valence-corrected chi connectivity index (χ2v) is 6.48. The average molecular weight is 403 g/mol. The van der Waals surface area contributed by atoms with E-state index in [1.165, 1.54) is 0 Å². The minimum absolute atomic E-state index is 0. The molecule has 146 valence electrons. The molecule has 8 heteroatoms. The summed E-state index contributed by atoms with van der Waals surface area (Å²) < 4.78 is 5.33. The minimum atomic E-state index is -0.494. The van der Waals surface area contributed by atoms with Crippen LogP contribution in [0.2, 0.25) is 0 Å². The maximum atomic E-state index is 12.4. The van der Waals surface area contributed by atoms with Gasteiger partial charge in [0.15, 0.2) is 0 Å². The van der Waals surface area contributed by atoms with Gasteiger partial charge in [-0.05, 0) is 43.4 Å². The summed E-state index contributed by atoms with van der Waals surface area (Å²) in [7, 11) is 0. The molecule has 0 aliphatic carbocycles. The fourth-order valence-electron chi connectivity index (χ4n) is 3.12. The van der Waals surface area contributed by atoms with E-state index in [9.17, 15) is 4.79 Å². The number of hydrogen-bond acceptors (Lipinski definition) is 4. The zero-order chi connectivity index (χ0) is 16.9. The summed E-state index contributed by atoms with van der Waals surface area (Å²) in [5, 5.41) is 2.93. The number of carbonyl (C=O) groups excluding carboxylic acids is 1. The van der Waals surface area contributed by atoms with Crippen molar-refractivity contribution in [1.29, 1.82) is 0 Å². The van der Waals surface area contributed by atoms with E-state index in [-0.39, 0.29) is 36.6 Å². The summed E-state index contributed by atoms with van der Waals surface area (Å²) in [4.78, 5) is 20.3. The Balaban J connectivity index is 0.00000169. The van der Waals surface area contributed by atoms with Gasteiger partial charge in [-0.2, -0.15) is 0 Å². The highest BCUT2D eigenvalue weighted by atomic mass is 35.5. The maximum absolute atomic E-state index is 12.4. The van der Waals surface area contributed by atoms with Crippen molar-refractivity contribution in [2.75, 3.05) is 18.5 Å². The number of fused-ring (bicyclic) bond motifs is 1. The number of halogens is 2. The van der Waals surface area contributed by atoms with Crippen molar-refractivity contribution in [3.63, 3.8) is 0 Å². The van der Waals surface area contributed by atoms with E-state index in [2.05, 4.69) is 22.2 Å². The third kappa shape index (κ3) is 5.58. The number of anilines is 1. The van der Waals surface area contributed by atoms with E-state index in [1.54, 1.807) is 0 Å². The molecule has 2 aromatic rings. The van der Waals surface area contributed by atoms with E-state index >= 15 is 0 Å². The monoisotopic (exact) mass is 402 g/mol. The lowest BCUT2D eigenvalue weighted by Gasteiger charge is -2.26. The molecule has 6 nitrogen and oxygen atoms in total. The van der Waals surface area contributed by atoms with Gasteiger partial charge in [0.05, 0.1) is 17.1 Å². The molecule has 0 radical (unpaired) electrons. The molecule has 1 amide bonds. The Morgan fingerprint density at radius 3 is 2.81 bits per heavy atom. The van der Waals surface area contributed by atoms with Crippen LogP contribution in [0.1, 0.15) is 38.4 Å². The van der Waals surface area contributed by atoms with Crippen molar-refractivity contribution in [3.8, 4) is 0 Å². The Morgan fingerprint density at radius 1 is 1.38 bits per heavy atom. The van der Waals surface area contributed by atoms with Gasteiger partial charge in [-0.25, -0.2) is 4.98 Å². The molecule has 1 aliphatic rings. The van der Waals surface area contributed by atoms with Gasteiger partial charge in [-0.3, -0.25) is 4.79 Å². The summed E-state index contributed by atoms with van der Waals surface area (Å²) >= 11 is 0. The summed E-state index contributed by atoms with van der Waals surface area (Å²) in [6, 6.07) is 5.23. The highest BCUT2D eigenvalue weighted by molar-refractivity contribution is 5.96. The molecule has 1 saturated heterocycles. The number of nitrogens with two attached hydrogens (primary N) is 1. The predicted molar refractivity (Wildman–Crippen MR) is 109 cm³/mol. The lowest BCUT2D eigenvalue weighted by Crippen LogP contribution is -2.43. The Bertz CT molecular complexity index is 702. The molecule has 1 fully saturated rings. The number of hydrogen-bond donors (Lipinski definition) is 3. The number of H-pyrrole nitrogens is 1. The maximum Gasteiger partial charge on any atom is 0.241 e. The van der Waals surface area contributed by atoms with Gasteiger partial charge in [0.1, 0.15) is 5.82 Å². The summed E-state index contributed by atoms with van der Waals surface area (Å²) in [6.45, 7) is 3.54. The number of benzene rings is 1.